The van der Waals surface area contributed by atoms with Gasteiger partial charge in [0.05, 0.1) is 0 Å². The third-order valence-electron chi connectivity index (χ3n) is 1.43. The molecule has 1 aromatic heterocycles. The van der Waals surface area contributed by atoms with Crippen LogP contribution in [0.3, 0.4) is 0 Å². The van der Waals surface area contributed by atoms with Gasteiger partial charge >= 0.3 is 5.82 Å². The van der Waals surface area contributed by atoms with E-state index in [4.69, 9.17) is 5.73 Å². The summed E-state index contributed by atoms with van der Waals surface area (Å²) in [5.41, 5.74) is 6.14. The molecular formula is C7H9N3O2. The summed E-state index contributed by atoms with van der Waals surface area (Å²) in [4.78, 5) is 13.3. The molecule has 2 N–H and O–H groups in total. The van der Waals surface area contributed by atoms with E-state index in [1.165, 1.54) is 12.3 Å². The van der Waals surface area contributed by atoms with Crippen LogP contribution in [0.1, 0.15) is 5.56 Å². The second kappa shape index (κ2) is 3.77. The lowest BCUT2D eigenvalue weighted by atomic mass is 10.2. The fourth-order valence-corrected chi connectivity index (χ4v) is 0.883. The van der Waals surface area contributed by atoms with Crippen molar-refractivity contribution >= 4 is 5.82 Å². The van der Waals surface area contributed by atoms with Crippen LogP contribution in [-0.4, -0.2) is 16.5 Å². The van der Waals surface area contributed by atoms with Gasteiger partial charge in [-0.2, -0.15) is 0 Å². The second-order valence-corrected chi connectivity index (χ2v) is 2.32. The van der Waals surface area contributed by atoms with Crippen molar-refractivity contribution in [3.8, 4) is 0 Å². The van der Waals surface area contributed by atoms with E-state index in [9.17, 15) is 10.1 Å². The molecule has 0 aliphatic rings. The van der Waals surface area contributed by atoms with Crippen LogP contribution in [0.2, 0.25) is 0 Å². The minimum atomic E-state index is -0.514. The average molecular weight is 167 g/mol. The Morgan fingerprint density at radius 2 is 2.42 bits per heavy atom. The lowest BCUT2D eigenvalue weighted by Crippen LogP contribution is -2.03. The topological polar surface area (TPSA) is 82.0 Å². The maximum atomic E-state index is 10.3. The number of nitrogens with two attached hydrogens (primary N) is 1. The summed E-state index contributed by atoms with van der Waals surface area (Å²) in [5, 5.41) is 10.3. The number of hydrogen-bond acceptors (Lipinski definition) is 4. The highest BCUT2D eigenvalue weighted by Gasteiger charge is 2.05. The van der Waals surface area contributed by atoms with Crippen molar-refractivity contribution in [2.75, 3.05) is 6.54 Å². The molecule has 0 fully saturated rings. The van der Waals surface area contributed by atoms with Crippen LogP contribution in [0.5, 0.6) is 0 Å². The largest absolute Gasteiger partial charge is 0.363 e. The molecule has 0 bridgehead atoms. The molecule has 5 heteroatoms. The van der Waals surface area contributed by atoms with E-state index in [0.717, 1.165) is 5.56 Å². The first-order chi connectivity index (χ1) is 5.74. The fourth-order valence-electron chi connectivity index (χ4n) is 0.883. The standard InChI is InChI=1S/C7H9N3O2/c8-3-1-6-2-4-9-7(5-6)10(11)12/h2,4-5H,1,3,8H2. The summed E-state index contributed by atoms with van der Waals surface area (Å²) in [7, 11) is 0. The predicted octanol–water partition coefficient (Wildman–Crippen LogP) is 0.491. The van der Waals surface area contributed by atoms with E-state index in [-0.39, 0.29) is 5.82 Å². The Labute approximate surface area is 69.4 Å². The molecule has 1 aromatic rings. The van der Waals surface area contributed by atoms with E-state index in [1.54, 1.807) is 6.07 Å². The monoisotopic (exact) mass is 167 g/mol. The maximum absolute atomic E-state index is 10.3. The normalized spacial score (nSPS) is 9.75. The Hall–Kier alpha value is -1.49. The van der Waals surface area contributed by atoms with Gasteiger partial charge in [0.25, 0.3) is 0 Å². The number of rotatable bonds is 3. The summed E-state index contributed by atoms with van der Waals surface area (Å²) < 4.78 is 0. The first-order valence-electron chi connectivity index (χ1n) is 3.53. The number of pyridine rings is 1. The first-order valence-corrected chi connectivity index (χ1v) is 3.53. The maximum Gasteiger partial charge on any atom is 0.363 e. The molecule has 0 radical (unpaired) electrons. The second-order valence-electron chi connectivity index (χ2n) is 2.32. The zero-order valence-electron chi connectivity index (χ0n) is 6.43. The van der Waals surface area contributed by atoms with Gasteiger partial charge in [-0.25, -0.2) is 0 Å². The number of nitrogens with zero attached hydrogens (tertiary/aromatic N) is 2. The van der Waals surface area contributed by atoms with Gasteiger partial charge in [0.2, 0.25) is 0 Å². The van der Waals surface area contributed by atoms with Crippen LogP contribution in [-0.2, 0) is 6.42 Å². The lowest BCUT2D eigenvalue weighted by Gasteiger charge is -1.96. The molecule has 0 atom stereocenters. The molecule has 64 valence electrons. The van der Waals surface area contributed by atoms with Crippen molar-refractivity contribution in [2.24, 2.45) is 5.73 Å². The molecule has 0 amide bonds. The van der Waals surface area contributed by atoms with Crippen molar-refractivity contribution in [3.05, 3.63) is 34.0 Å². The van der Waals surface area contributed by atoms with Gasteiger partial charge in [-0.1, -0.05) is 0 Å². The fraction of sp³-hybridized carbons (Fsp3) is 0.286. The predicted molar refractivity (Wildman–Crippen MR) is 43.6 cm³/mol. The van der Waals surface area contributed by atoms with Crippen molar-refractivity contribution in [1.29, 1.82) is 0 Å². The zero-order chi connectivity index (χ0) is 8.97. The molecular weight excluding hydrogens is 158 g/mol. The average Bonchev–Trinajstić information content (AvgIpc) is 2.05. The summed E-state index contributed by atoms with van der Waals surface area (Å²) in [6.45, 7) is 0.487. The molecule has 0 saturated carbocycles. The first kappa shape index (κ1) is 8.61. The highest BCUT2D eigenvalue weighted by molar-refractivity contribution is 5.25. The Morgan fingerprint density at radius 3 is 3.00 bits per heavy atom. The van der Waals surface area contributed by atoms with Gasteiger partial charge in [-0.05, 0) is 34.5 Å². The summed E-state index contributed by atoms with van der Waals surface area (Å²) in [6, 6.07) is 3.16. The highest BCUT2D eigenvalue weighted by Crippen LogP contribution is 2.08. The highest BCUT2D eigenvalue weighted by atomic mass is 16.6. The Kier molecular flexibility index (Phi) is 2.71. The molecule has 5 nitrogen and oxygen atoms in total. The number of aromatic nitrogens is 1. The summed E-state index contributed by atoms with van der Waals surface area (Å²) in [6.07, 6.45) is 2.06. The van der Waals surface area contributed by atoms with Crippen LogP contribution in [0.25, 0.3) is 0 Å². The third-order valence-corrected chi connectivity index (χ3v) is 1.43. The SMILES string of the molecule is NCCc1ccnc([N+](=O)[O-])c1. The van der Waals surface area contributed by atoms with Crippen molar-refractivity contribution < 1.29 is 4.92 Å². The van der Waals surface area contributed by atoms with E-state index in [2.05, 4.69) is 4.98 Å². The summed E-state index contributed by atoms with van der Waals surface area (Å²) in [5.74, 6) is -0.124. The van der Waals surface area contributed by atoms with Gasteiger partial charge in [0, 0.05) is 6.07 Å². The van der Waals surface area contributed by atoms with Gasteiger partial charge in [-0.15, -0.1) is 0 Å². The van der Waals surface area contributed by atoms with Crippen LogP contribution in [0, 0.1) is 10.1 Å². The Morgan fingerprint density at radius 1 is 1.67 bits per heavy atom. The molecule has 0 unspecified atom stereocenters. The van der Waals surface area contributed by atoms with E-state index in [0.29, 0.717) is 13.0 Å². The molecule has 1 rings (SSSR count). The Balaban J connectivity index is 2.88. The van der Waals surface area contributed by atoms with Crippen LogP contribution < -0.4 is 5.73 Å². The zero-order valence-corrected chi connectivity index (χ0v) is 6.43. The minimum Gasteiger partial charge on any atom is -0.358 e. The molecule has 12 heavy (non-hydrogen) atoms. The van der Waals surface area contributed by atoms with Gasteiger partial charge in [0.1, 0.15) is 6.20 Å². The Bertz CT molecular complexity index is 288. The van der Waals surface area contributed by atoms with E-state index in [1.807, 2.05) is 0 Å². The molecule has 0 aliphatic heterocycles. The molecule has 0 aromatic carbocycles. The van der Waals surface area contributed by atoms with Crippen LogP contribution in [0.4, 0.5) is 5.82 Å². The van der Waals surface area contributed by atoms with Gasteiger partial charge in [-0.3, -0.25) is 0 Å². The van der Waals surface area contributed by atoms with Crippen LogP contribution >= 0.6 is 0 Å². The van der Waals surface area contributed by atoms with Crippen molar-refractivity contribution in [2.45, 2.75) is 6.42 Å². The molecule has 0 aliphatic carbocycles. The molecule has 0 spiro atoms. The minimum absolute atomic E-state index is 0.124. The molecule has 1 heterocycles. The molecule has 0 saturated heterocycles. The van der Waals surface area contributed by atoms with E-state index < -0.39 is 4.92 Å². The van der Waals surface area contributed by atoms with Crippen molar-refractivity contribution in [1.82, 2.24) is 4.98 Å². The van der Waals surface area contributed by atoms with Gasteiger partial charge < -0.3 is 15.8 Å². The lowest BCUT2D eigenvalue weighted by molar-refractivity contribution is -0.389. The number of hydrogen-bond donors (Lipinski definition) is 1. The van der Waals surface area contributed by atoms with Gasteiger partial charge in [0.15, 0.2) is 0 Å². The van der Waals surface area contributed by atoms with Crippen molar-refractivity contribution in [3.63, 3.8) is 0 Å². The smallest absolute Gasteiger partial charge is 0.358 e. The summed E-state index contributed by atoms with van der Waals surface area (Å²) >= 11 is 0. The third kappa shape index (κ3) is 2.00. The van der Waals surface area contributed by atoms with E-state index >= 15 is 0 Å². The number of nitro groups is 1. The van der Waals surface area contributed by atoms with Crippen LogP contribution in [0.15, 0.2) is 18.3 Å². The quantitative estimate of drug-likeness (QED) is 0.524.